The largest absolute Gasteiger partial charge is 0.490 e. The van der Waals surface area contributed by atoms with Crippen LogP contribution in [0.25, 0.3) is 0 Å². The second-order valence-electron chi connectivity index (χ2n) is 5.49. The molecule has 0 saturated carbocycles. The van der Waals surface area contributed by atoms with E-state index in [9.17, 15) is 0 Å². The first kappa shape index (κ1) is 15.8. The van der Waals surface area contributed by atoms with E-state index in [1.165, 1.54) is 0 Å². The molecule has 0 spiro atoms. The molecule has 0 amide bonds. The van der Waals surface area contributed by atoms with Gasteiger partial charge in [-0.05, 0) is 43.4 Å². The molecule has 108 valence electrons. The van der Waals surface area contributed by atoms with Crippen molar-refractivity contribution in [2.45, 2.75) is 34.1 Å². The number of para-hydroxylation sites is 2. The first-order valence-corrected chi connectivity index (χ1v) is 7.08. The lowest BCUT2D eigenvalue weighted by Crippen LogP contribution is -2.34. The SMILES string of the molecule is CCOc1ccccc1OCCC(C)(CN)C(C)C. The van der Waals surface area contributed by atoms with Crippen LogP contribution in [0, 0.1) is 11.3 Å². The first-order chi connectivity index (χ1) is 9.03. The van der Waals surface area contributed by atoms with E-state index in [0.717, 1.165) is 17.9 Å². The molecule has 0 aliphatic heterocycles. The van der Waals surface area contributed by atoms with E-state index in [1.54, 1.807) is 0 Å². The van der Waals surface area contributed by atoms with Crippen LogP contribution in [0.1, 0.15) is 34.1 Å². The number of rotatable bonds is 8. The highest BCUT2D eigenvalue weighted by atomic mass is 16.5. The third-order valence-electron chi connectivity index (χ3n) is 3.94. The van der Waals surface area contributed by atoms with E-state index >= 15 is 0 Å². The third-order valence-corrected chi connectivity index (χ3v) is 3.94. The van der Waals surface area contributed by atoms with Crippen LogP contribution < -0.4 is 15.2 Å². The van der Waals surface area contributed by atoms with Gasteiger partial charge in [-0.2, -0.15) is 0 Å². The Morgan fingerprint density at radius 3 is 2.21 bits per heavy atom. The van der Waals surface area contributed by atoms with Gasteiger partial charge < -0.3 is 15.2 Å². The summed E-state index contributed by atoms with van der Waals surface area (Å²) in [6.07, 6.45) is 0.946. The van der Waals surface area contributed by atoms with E-state index in [4.69, 9.17) is 15.2 Å². The summed E-state index contributed by atoms with van der Waals surface area (Å²) in [6.45, 7) is 10.6. The van der Waals surface area contributed by atoms with Crippen LogP contribution in [-0.4, -0.2) is 19.8 Å². The minimum absolute atomic E-state index is 0.126. The molecule has 0 aliphatic rings. The molecule has 2 N–H and O–H groups in total. The van der Waals surface area contributed by atoms with Crippen LogP contribution >= 0.6 is 0 Å². The molecule has 1 unspecified atom stereocenters. The summed E-state index contributed by atoms with van der Waals surface area (Å²) in [5.74, 6) is 2.17. The van der Waals surface area contributed by atoms with Gasteiger partial charge in [0, 0.05) is 0 Å². The molecule has 0 saturated heterocycles. The minimum Gasteiger partial charge on any atom is -0.490 e. The van der Waals surface area contributed by atoms with Crippen LogP contribution in [-0.2, 0) is 0 Å². The van der Waals surface area contributed by atoms with Crippen molar-refractivity contribution in [3.63, 3.8) is 0 Å². The number of benzene rings is 1. The van der Waals surface area contributed by atoms with Crippen molar-refractivity contribution in [2.24, 2.45) is 17.1 Å². The number of nitrogens with two attached hydrogens (primary N) is 1. The van der Waals surface area contributed by atoms with Gasteiger partial charge in [-0.3, -0.25) is 0 Å². The Balaban J connectivity index is 2.58. The molecule has 0 heterocycles. The van der Waals surface area contributed by atoms with Crippen molar-refractivity contribution in [3.8, 4) is 11.5 Å². The van der Waals surface area contributed by atoms with Crippen LogP contribution in [0.3, 0.4) is 0 Å². The Labute approximate surface area is 117 Å². The molecule has 0 bridgehead atoms. The molecule has 0 aromatic heterocycles. The molecule has 0 aliphatic carbocycles. The summed E-state index contributed by atoms with van der Waals surface area (Å²) in [4.78, 5) is 0. The maximum atomic E-state index is 5.88. The van der Waals surface area contributed by atoms with Gasteiger partial charge in [0.05, 0.1) is 13.2 Å². The van der Waals surface area contributed by atoms with Crippen molar-refractivity contribution in [2.75, 3.05) is 19.8 Å². The smallest absolute Gasteiger partial charge is 0.161 e. The second-order valence-corrected chi connectivity index (χ2v) is 5.49. The zero-order valence-corrected chi connectivity index (χ0v) is 12.6. The standard InChI is InChI=1S/C16H27NO2/c1-5-18-14-8-6-7-9-15(14)19-11-10-16(4,12-17)13(2)3/h6-9,13H,5,10-12,17H2,1-4H3. The van der Waals surface area contributed by atoms with Gasteiger partial charge >= 0.3 is 0 Å². The fourth-order valence-electron chi connectivity index (χ4n) is 1.86. The lowest BCUT2D eigenvalue weighted by molar-refractivity contribution is 0.159. The Morgan fingerprint density at radius 1 is 1.16 bits per heavy atom. The monoisotopic (exact) mass is 265 g/mol. The third kappa shape index (κ3) is 4.43. The summed E-state index contributed by atoms with van der Waals surface area (Å²) >= 11 is 0. The Morgan fingerprint density at radius 2 is 1.74 bits per heavy atom. The molecule has 1 aromatic carbocycles. The maximum Gasteiger partial charge on any atom is 0.161 e. The molecule has 1 atom stereocenters. The average molecular weight is 265 g/mol. The predicted molar refractivity (Wildman–Crippen MR) is 79.7 cm³/mol. The first-order valence-electron chi connectivity index (χ1n) is 7.08. The molecule has 3 heteroatoms. The molecule has 0 radical (unpaired) electrons. The minimum atomic E-state index is 0.126. The molecular formula is C16H27NO2. The van der Waals surface area contributed by atoms with Crippen molar-refractivity contribution in [1.29, 1.82) is 0 Å². The molecule has 3 nitrogen and oxygen atoms in total. The predicted octanol–water partition coefficient (Wildman–Crippen LogP) is 3.48. The van der Waals surface area contributed by atoms with Gasteiger partial charge in [0.2, 0.25) is 0 Å². The van der Waals surface area contributed by atoms with Gasteiger partial charge in [0.1, 0.15) is 0 Å². The summed E-state index contributed by atoms with van der Waals surface area (Å²) in [6, 6.07) is 7.79. The number of hydrogen-bond donors (Lipinski definition) is 1. The van der Waals surface area contributed by atoms with E-state index in [1.807, 2.05) is 31.2 Å². The van der Waals surface area contributed by atoms with Crippen molar-refractivity contribution < 1.29 is 9.47 Å². The number of hydrogen-bond acceptors (Lipinski definition) is 3. The average Bonchev–Trinajstić information content (AvgIpc) is 2.40. The molecule has 1 aromatic rings. The fraction of sp³-hybridized carbons (Fsp3) is 0.625. The highest BCUT2D eigenvalue weighted by Gasteiger charge is 2.26. The van der Waals surface area contributed by atoms with Crippen LogP contribution in [0.15, 0.2) is 24.3 Å². The molecule has 0 fully saturated rings. The quantitative estimate of drug-likeness (QED) is 0.782. The molecule has 1 rings (SSSR count). The summed E-state index contributed by atoms with van der Waals surface area (Å²) in [5, 5.41) is 0. The fourth-order valence-corrected chi connectivity index (χ4v) is 1.86. The lowest BCUT2D eigenvalue weighted by atomic mass is 9.77. The Hall–Kier alpha value is -1.22. The van der Waals surface area contributed by atoms with Crippen LogP contribution in [0.5, 0.6) is 11.5 Å². The normalized spacial score (nSPS) is 14.2. The van der Waals surface area contributed by atoms with Gasteiger partial charge in [-0.15, -0.1) is 0 Å². The van der Waals surface area contributed by atoms with Gasteiger partial charge in [0.15, 0.2) is 11.5 Å². The van der Waals surface area contributed by atoms with E-state index < -0.39 is 0 Å². The zero-order valence-electron chi connectivity index (χ0n) is 12.6. The van der Waals surface area contributed by atoms with Crippen LogP contribution in [0.4, 0.5) is 0 Å². The topological polar surface area (TPSA) is 44.5 Å². The van der Waals surface area contributed by atoms with Crippen molar-refractivity contribution >= 4 is 0 Å². The summed E-state index contributed by atoms with van der Waals surface area (Å²) < 4.78 is 11.4. The second kappa shape index (κ2) is 7.39. The molecule has 19 heavy (non-hydrogen) atoms. The lowest BCUT2D eigenvalue weighted by Gasteiger charge is -2.32. The zero-order chi connectivity index (χ0) is 14.3. The maximum absolute atomic E-state index is 5.88. The highest BCUT2D eigenvalue weighted by molar-refractivity contribution is 5.39. The number of ether oxygens (including phenoxy) is 2. The summed E-state index contributed by atoms with van der Waals surface area (Å²) in [7, 11) is 0. The van der Waals surface area contributed by atoms with Crippen LogP contribution in [0.2, 0.25) is 0 Å². The van der Waals surface area contributed by atoms with E-state index in [2.05, 4.69) is 20.8 Å². The summed E-state index contributed by atoms with van der Waals surface area (Å²) in [5.41, 5.74) is 6.01. The van der Waals surface area contributed by atoms with E-state index in [0.29, 0.717) is 25.7 Å². The van der Waals surface area contributed by atoms with Crippen molar-refractivity contribution in [3.05, 3.63) is 24.3 Å². The van der Waals surface area contributed by atoms with Crippen molar-refractivity contribution in [1.82, 2.24) is 0 Å². The highest BCUT2D eigenvalue weighted by Crippen LogP contribution is 2.31. The van der Waals surface area contributed by atoms with E-state index in [-0.39, 0.29) is 5.41 Å². The van der Waals surface area contributed by atoms with Gasteiger partial charge in [-0.1, -0.05) is 32.9 Å². The molecular weight excluding hydrogens is 238 g/mol. The Kier molecular flexibility index (Phi) is 6.16. The Bertz CT molecular complexity index is 379. The van der Waals surface area contributed by atoms with Gasteiger partial charge in [0.25, 0.3) is 0 Å². The van der Waals surface area contributed by atoms with Gasteiger partial charge in [-0.25, -0.2) is 0 Å².